The van der Waals surface area contributed by atoms with Crippen molar-refractivity contribution < 1.29 is 14.5 Å². The summed E-state index contributed by atoms with van der Waals surface area (Å²) in [5.74, 6) is -0.681. The molecule has 0 aliphatic heterocycles. The van der Waals surface area contributed by atoms with Gasteiger partial charge in [0.05, 0.1) is 4.92 Å². The smallest absolute Gasteiger partial charge is 0.310 e. The van der Waals surface area contributed by atoms with Gasteiger partial charge in [0, 0.05) is 24.2 Å². The topological polar surface area (TPSA) is 121 Å². The molecule has 86 valence electrons. The molecule has 0 heterocycles. The van der Waals surface area contributed by atoms with E-state index in [2.05, 4.69) is 0 Å². The molecule has 0 unspecified atom stereocenters. The average molecular weight is 225 g/mol. The van der Waals surface area contributed by atoms with Gasteiger partial charge in [-0.25, -0.2) is 0 Å². The predicted molar refractivity (Wildman–Crippen MR) is 56.2 cm³/mol. The predicted octanol–water partition coefficient (Wildman–Crippen LogP) is 0.0312. The van der Waals surface area contributed by atoms with E-state index in [9.17, 15) is 14.9 Å². The van der Waals surface area contributed by atoms with Gasteiger partial charge in [-0.15, -0.1) is 0 Å². The van der Waals surface area contributed by atoms with Gasteiger partial charge in [-0.1, -0.05) is 0 Å². The second-order valence-electron chi connectivity index (χ2n) is 2.94. The molecule has 0 atom stereocenters. The van der Waals surface area contributed by atoms with Crippen LogP contribution in [0.1, 0.15) is 10.4 Å². The molecule has 0 radical (unpaired) electrons. The minimum atomic E-state index is -0.674. The molecule has 0 bridgehead atoms. The van der Waals surface area contributed by atoms with Gasteiger partial charge >= 0.3 is 5.69 Å². The SMILES string of the molecule is NCCOc1cc(C(N)=O)ccc1[N+](=O)[O-]. The minimum absolute atomic E-state index is 0.00764. The summed E-state index contributed by atoms with van der Waals surface area (Å²) in [7, 11) is 0. The number of primary amides is 1. The van der Waals surface area contributed by atoms with Gasteiger partial charge < -0.3 is 16.2 Å². The van der Waals surface area contributed by atoms with Crippen molar-refractivity contribution in [3.05, 3.63) is 33.9 Å². The summed E-state index contributed by atoms with van der Waals surface area (Å²) in [5.41, 5.74) is 10.2. The Morgan fingerprint density at radius 2 is 2.19 bits per heavy atom. The Labute approximate surface area is 91.1 Å². The molecule has 0 fully saturated rings. The van der Waals surface area contributed by atoms with Crippen molar-refractivity contribution in [3.8, 4) is 5.75 Å². The van der Waals surface area contributed by atoms with E-state index in [0.29, 0.717) is 0 Å². The molecule has 7 nitrogen and oxygen atoms in total. The molecular weight excluding hydrogens is 214 g/mol. The zero-order valence-electron chi connectivity index (χ0n) is 8.38. The van der Waals surface area contributed by atoms with Crippen LogP contribution in [0, 0.1) is 10.1 Å². The van der Waals surface area contributed by atoms with E-state index in [1.807, 2.05) is 0 Å². The lowest BCUT2D eigenvalue weighted by atomic mass is 10.2. The van der Waals surface area contributed by atoms with Crippen molar-refractivity contribution in [2.75, 3.05) is 13.2 Å². The number of carbonyl (C=O) groups excluding carboxylic acids is 1. The number of nitrogens with zero attached hydrogens (tertiary/aromatic N) is 1. The van der Waals surface area contributed by atoms with Crippen LogP contribution in [0.15, 0.2) is 18.2 Å². The molecule has 0 aromatic heterocycles. The Morgan fingerprint density at radius 3 is 2.69 bits per heavy atom. The molecule has 4 N–H and O–H groups in total. The Kier molecular flexibility index (Phi) is 3.78. The monoisotopic (exact) mass is 225 g/mol. The van der Waals surface area contributed by atoms with Gasteiger partial charge in [0.25, 0.3) is 0 Å². The molecule has 0 aliphatic rings. The van der Waals surface area contributed by atoms with Crippen molar-refractivity contribution in [1.29, 1.82) is 0 Å². The van der Waals surface area contributed by atoms with E-state index in [1.165, 1.54) is 18.2 Å². The highest BCUT2D eigenvalue weighted by atomic mass is 16.6. The molecule has 0 saturated carbocycles. The molecule has 7 heteroatoms. The van der Waals surface area contributed by atoms with Crippen molar-refractivity contribution in [2.45, 2.75) is 0 Å². The first-order chi connectivity index (χ1) is 7.56. The van der Waals surface area contributed by atoms with Gasteiger partial charge in [-0.05, 0) is 6.07 Å². The molecule has 0 aliphatic carbocycles. The standard InChI is InChI=1S/C9H11N3O4/c10-3-4-16-8-5-6(9(11)13)1-2-7(8)12(14)15/h1-2,5H,3-4,10H2,(H2,11,13). The van der Waals surface area contributed by atoms with Crippen LogP contribution in [0.4, 0.5) is 5.69 Å². The van der Waals surface area contributed by atoms with Crippen molar-refractivity contribution in [1.82, 2.24) is 0 Å². The fourth-order valence-electron chi connectivity index (χ4n) is 1.10. The third-order valence-electron chi connectivity index (χ3n) is 1.82. The number of amides is 1. The first-order valence-electron chi connectivity index (χ1n) is 4.47. The number of nitro groups is 1. The van der Waals surface area contributed by atoms with Crippen molar-refractivity contribution in [2.24, 2.45) is 11.5 Å². The Hall–Kier alpha value is -2.15. The summed E-state index contributed by atoms with van der Waals surface area (Å²) in [6, 6.07) is 3.68. The molecule has 0 spiro atoms. The van der Waals surface area contributed by atoms with Crippen molar-refractivity contribution >= 4 is 11.6 Å². The number of hydrogen-bond acceptors (Lipinski definition) is 5. The van der Waals surface area contributed by atoms with Crippen LogP contribution in [-0.4, -0.2) is 24.0 Å². The molecule has 1 aromatic rings. The maximum atomic E-state index is 10.9. The summed E-state index contributed by atoms with van der Waals surface area (Å²) >= 11 is 0. The fourth-order valence-corrected chi connectivity index (χ4v) is 1.10. The van der Waals surface area contributed by atoms with Gasteiger partial charge in [0.15, 0.2) is 5.75 Å². The van der Waals surface area contributed by atoms with E-state index in [-0.39, 0.29) is 30.2 Å². The minimum Gasteiger partial charge on any atom is -0.485 e. The van der Waals surface area contributed by atoms with Gasteiger partial charge in [-0.3, -0.25) is 14.9 Å². The third kappa shape index (κ3) is 2.67. The van der Waals surface area contributed by atoms with E-state index < -0.39 is 10.8 Å². The summed E-state index contributed by atoms with van der Waals surface area (Å²) in [4.78, 5) is 20.9. The van der Waals surface area contributed by atoms with Gasteiger partial charge in [0.2, 0.25) is 5.91 Å². The lowest BCUT2D eigenvalue weighted by Crippen LogP contribution is -2.14. The van der Waals surface area contributed by atoms with Crippen LogP contribution in [0.5, 0.6) is 5.75 Å². The molecule has 0 saturated heterocycles. The van der Waals surface area contributed by atoms with Crippen molar-refractivity contribution in [3.63, 3.8) is 0 Å². The molecule has 1 rings (SSSR count). The molecule has 16 heavy (non-hydrogen) atoms. The number of ether oxygens (including phenoxy) is 1. The first kappa shape index (κ1) is 11.9. The number of nitrogens with two attached hydrogens (primary N) is 2. The van der Waals surface area contributed by atoms with E-state index >= 15 is 0 Å². The van der Waals surface area contributed by atoms with Crippen LogP contribution >= 0.6 is 0 Å². The Morgan fingerprint density at radius 1 is 1.50 bits per heavy atom. The fraction of sp³-hybridized carbons (Fsp3) is 0.222. The maximum absolute atomic E-state index is 10.9. The zero-order valence-corrected chi connectivity index (χ0v) is 8.38. The number of rotatable bonds is 5. The number of carbonyl (C=O) groups is 1. The lowest BCUT2D eigenvalue weighted by Gasteiger charge is -2.06. The van der Waals surface area contributed by atoms with E-state index in [0.717, 1.165) is 0 Å². The van der Waals surface area contributed by atoms with Gasteiger partial charge in [0.1, 0.15) is 6.61 Å². The summed E-state index contributed by atoms with van der Waals surface area (Å²) in [6.45, 7) is 0.348. The normalized spacial score (nSPS) is 9.81. The van der Waals surface area contributed by atoms with E-state index in [4.69, 9.17) is 16.2 Å². The van der Waals surface area contributed by atoms with Gasteiger partial charge in [-0.2, -0.15) is 0 Å². The van der Waals surface area contributed by atoms with E-state index in [1.54, 1.807) is 0 Å². The first-order valence-corrected chi connectivity index (χ1v) is 4.47. The highest BCUT2D eigenvalue weighted by Crippen LogP contribution is 2.27. The van der Waals surface area contributed by atoms with Crippen LogP contribution in [-0.2, 0) is 0 Å². The number of benzene rings is 1. The third-order valence-corrected chi connectivity index (χ3v) is 1.82. The van der Waals surface area contributed by atoms with Crippen LogP contribution in [0.2, 0.25) is 0 Å². The quantitative estimate of drug-likeness (QED) is 0.540. The molecular formula is C9H11N3O4. The average Bonchev–Trinajstić information content (AvgIpc) is 2.25. The lowest BCUT2D eigenvalue weighted by molar-refractivity contribution is -0.385. The molecule has 1 aromatic carbocycles. The number of hydrogen-bond donors (Lipinski definition) is 2. The van der Waals surface area contributed by atoms with Crippen LogP contribution in [0.25, 0.3) is 0 Å². The van der Waals surface area contributed by atoms with Crippen LogP contribution in [0.3, 0.4) is 0 Å². The Bertz CT molecular complexity index is 419. The number of nitro benzene ring substituents is 1. The second-order valence-corrected chi connectivity index (χ2v) is 2.94. The summed E-state index contributed by atoms with van der Waals surface area (Å²) in [5, 5.41) is 10.6. The Balaban J connectivity index is 3.10. The highest BCUT2D eigenvalue weighted by Gasteiger charge is 2.16. The maximum Gasteiger partial charge on any atom is 0.310 e. The molecule has 1 amide bonds. The van der Waals surface area contributed by atoms with Crippen LogP contribution < -0.4 is 16.2 Å². The second kappa shape index (κ2) is 5.08. The summed E-state index contributed by atoms with van der Waals surface area (Å²) < 4.78 is 5.06. The zero-order chi connectivity index (χ0) is 12.1. The largest absolute Gasteiger partial charge is 0.485 e. The highest BCUT2D eigenvalue weighted by molar-refractivity contribution is 5.93. The summed E-state index contributed by atoms with van der Waals surface area (Å²) in [6.07, 6.45) is 0.